The molecular formula is C35H38. The molecule has 0 fully saturated rings. The van der Waals surface area contributed by atoms with E-state index in [-0.39, 0.29) is 0 Å². The topological polar surface area (TPSA) is 0 Å². The highest BCUT2D eigenvalue weighted by atomic mass is 14.2. The van der Waals surface area contributed by atoms with Crippen LogP contribution in [0, 0.1) is 6.92 Å². The lowest BCUT2D eigenvalue weighted by atomic mass is 9.85. The van der Waals surface area contributed by atoms with Crippen molar-refractivity contribution in [1.29, 1.82) is 0 Å². The van der Waals surface area contributed by atoms with E-state index in [0.29, 0.717) is 0 Å². The van der Waals surface area contributed by atoms with Crippen LogP contribution in [0.2, 0.25) is 0 Å². The molecule has 0 aliphatic carbocycles. The van der Waals surface area contributed by atoms with Gasteiger partial charge in [0.25, 0.3) is 0 Å². The van der Waals surface area contributed by atoms with Crippen LogP contribution in [0.4, 0.5) is 0 Å². The van der Waals surface area contributed by atoms with E-state index in [4.69, 9.17) is 0 Å². The molecule has 0 N–H and O–H groups in total. The molecule has 0 aliphatic heterocycles. The first-order valence-corrected chi connectivity index (χ1v) is 12.8. The summed E-state index contributed by atoms with van der Waals surface area (Å²) in [4.78, 5) is 0. The second kappa shape index (κ2) is 13.9. The van der Waals surface area contributed by atoms with Crippen LogP contribution in [0.25, 0.3) is 29.0 Å². The van der Waals surface area contributed by atoms with Crippen molar-refractivity contribution >= 4 is 29.0 Å². The van der Waals surface area contributed by atoms with E-state index in [1.165, 1.54) is 44.2 Å². The third kappa shape index (κ3) is 7.17. The summed E-state index contributed by atoms with van der Waals surface area (Å²) < 4.78 is 0. The number of hydrogen-bond acceptors (Lipinski definition) is 0. The molecule has 3 rings (SSSR count). The van der Waals surface area contributed by atoms with Gasteiger partial charge in [-0.2, -0.15) is 0 Å². The molecule has 3 aromatic rings. The minimum absolute atomic E-state index is 1.08. The summed E-state index contributed by atoms with van der Waals surface area (Å²) in [5, 5.41) is 2.80. The number of rotatable bonds is 11. The lowest BCUT2D eigenvalue weighted by Gasteiger charge is -2.19. The van der Waals surface area contributed by atoms with Gasteiger partial charge in [-0.05, 0) is 70.0 Å². The zero-order valence-corrected chi connectivity index (χ0v) is 21.5. The molecule has 0 saturated heterocycles. The van der Waals surface area contributed by atoms with Crippen LogP contribution in [0.3, 0.4) is 0 Å². The van der Waals surface area contributed by atoms with Crippen molar-refractivity contribution < 1.29 is 0 Å². The highest BCUT2D eigenvalue weighted by Gasteiger charge is 2.14. The van der Waals surface area contributed by atoms with Gasteiger partial charge in [0.2, 0.25) is 0 Å². The molecule has 0 unspecified atom stereocenters. The zero-order valence-electron chi connectivity index (χ0n) is 21.5. The normalized spacial score (nSPS) is 12.4. The minimum Gasteiger partial charge on any atom is -0.0991 e. The van der Waals surface area contributed by atoms with E-state index in [2.05, 4.69) is 131 Å². The number of fused-ring (bicyclic) bond motifs is 1. The Morgan fingerprint density at radius 3 is 1.91 bits per heavy atom. The van der Waals surface area contributed by atoms with Gasteiger partial charge in [-0.3, -0.25) is 0 Å². The molecule has 0 atom stereocenters. The fourth-order valence-electron chi connectivity index (χ4n) is 4.55. The van der Waals surface area contributed by atoms with Gasteiger partial charge in [0.05, 0.1) is 0 Å². The largest absolute Gasteiger partial charge is 0.0991 e. The van der Waals surface area contributed by atoms with Crippen molar-refractivity contribution in [1.82, 2.24) is 0 Å². The SMILES string of the molecule is C=C/C=C\c1c(C)c(CCC)c2ccc(/C=C/C=C/C=C/C=C/c3ccccc3)cc2c1CCC. The third-order valence-electron chi connectivity index (χ3n) is 6.21. The number of benzene rings is 3. The van der Waals surface area contributed by atoms with Crippen LogP contribution in [0.5, 0.6) is 0 Å². The number of hydrogen-bond donors (Lipinski definition) is 0. The standard InChI is InChI=1S/C35H38/c1-5-8-24-32-28(4)31(18-6-2)34-26-25-30(27-35(34)33(32)19-7-3)23-15-12-10-9-11-14-20-29-21-16-13-17-22-29/h5,8-17,20-27H,1,6-7,18-19H2,2-4H3/b11-9+,12-10+,20-14+,23-15+,24-8-. The van der Waals surface area contributed by atoms with E-state index in [0.717, 1.165) is 25.7 Å². The Bertz CT molecular complexity index is 1260. The summed E-state index contributed by atoms with van der Waals surface area (Å²) in [6, 6.07) is 17.3. The van der Waals surface area contributed by atoms with Crippen molar-refractivity contribution in [3.05, 3.63) is 137 Å². The molecule has 178 valence electrons. The quantitative estimate of drug-likeness (QED) is 0.251. The Labute approximate surface area is 212 Å². The summed E-state index contributed by atoms with van der Waals surface area (Å²) in [5.41, 5.74) is 8.17. The van der Waals surface area contributed by atoms with Crippen molar-refractivity contribution in [2.75, 3.05) is 0 Å². The van der Waals surface area contributed by atoms with Gasteiger partial charge in [0, 0.05) is 0 Å². The number of allylic oxidation sites excluding steroid dienone is 8. The summed E-state index contributed by atoms with van der Waals surface area (Å²) in [6.45, 7) is 10.7. The summed E-state index contributed by atoms with van der Waals surface area (Å²) >= 11 is 0. The average Bonchev–Trinajstić information content (AvgIpc) is 2.88. The van der Waals surface area contributed by atoms with Crippen LogP contribution in [0.15, 0.2) is 104 Å². The predicted molar refractivity (Wildman–Crippen MR) is 159 cm³/mol. The number of aryl methyl sites for hydroxylation is 2. The second-order valence-electron chi connectivity index (χ2n) is 8.79. The van der Waals surface area contributed by atoms with Crippen LogP contribution in [-0.2, 0) is 12.8 Å². The van der Waals surface area contributed by atoms with Gasteiger partial charge < -0.3 is 0 Å². The Kier molecular flexibility index (Phi) is 10.3. The maximum absolute atomic E-state index is 3.88. The summed E-state index contributed by atoms with van der Waals surface area (Å²) in [5.74, 6) is 0. The molecule has 0 amide bonds. The maximum Gasteiger partial charge on any atom is -0.0137 e. The first-order valence-electron chi connectivity index (χ1n) is 12.8. The Balaban J connectivity index is 1.86. The molecule has 3 aromatic carbocycles. The summed E-state index contributed by atoms with van der Waals surface area (Å²) in [7, 11) is 0. The van der Waals surface area contributed by atoms with Gasteiger partial charge >= 0.3 is 0 Å². The Morgan fingerprint density at radius 1 is 0.629 bits per heavy atom. The predicted octanol–water partition coefficient (Wildman–Crippen LogP) is 10.1. The van der Waals surface area contributed by atoms with Crippen molar-refractivity contribution in [2.45, 2.75) is 46.5 Å². The van der Waals surface area contributed by atoms with Crippen molar-refractivity contribution in [3.63, 3.8) is 0 Å². The smallest absolute Gasteiger partial charge is 0.0137 e. The van der Waals surface area contributed by atoms with Crippen molar-refractivity contribution in [3.8, 4) is 0 Å². The van der Waals surface area contributed by atoms with Crippen LogP contribution in [-0.4, -0.2) is 0 Å². The first-order chi connectivity index (χ1) is 17.2. The van der Waals surface area contributed by atoms with E-state index >= 15 is 0 Å². The molecule has 0 bridgehead atoms. The van der Waals surface area contributed by atoms with Gasteiger partial charge in [-0.25, -0.2) is 0 Å². The molecule has 0 spiro atoms. The maximum atomic E-state index is 3.88. The highest BCUT2D eigenvalue weighted by molar-refractivity contribution is 5.94. The lowest BCUT2D eigenvalue weighted by Crippen LogP contribution is -2.01. The Hall–Kier alpha value is -3.64. The fraction of sp³-hybridized carbons (Fsp3) is 0.200. The molecule has 0 radical (unpaired) electrons. The zero-order chi connectivity index (χ0) is 24.9. The fourth-order valence-corrected chi connectivity index (χ4v) is 4.55. The van der Waals surface area contributed by atoms with Gasteiger partial charge in [-0.15, -0.1) is 0 Å². The second-order valence-corrected chi connectivity index (χ2v) is 8.79. The molecule has 35 heavy (non-hydrogen) atoms. The molecule has 0 heterocycles. The van der Waals surface area contributed by atoms with Gasteiger partial charge in [0.1, 0.15) is 0 Å². The molecule has 0 aromatic heterocycles. The summed E-state index contributed by atoms with van der Waals surface area (Å²) in [6.07, 6.45) is 27.4. The molecular weight excluding hydrogens is 420 g/mol. The molecule has 0 aliphatic rings. The average molecular weight is 459 g/mol. The molecule has 0 saturated carbocycles. The van der Waals surface area contributed by atoms with Crippen LogP contribution < -0.4 is 0 Å². The molecule has 0 heteroatoms. The Morgan fingerprint density at radius 2 is 1.26 bits per heavy atom. The minimum atomic E-state index is 1.08. The van der Waals surface area contributed by atoms with Crippen LogP contribution in [0.1, 0.15) is 60.1 Å². The van der Waals surface area contributed by atoms with E-state index in [1.807, 2.05) is 12.1 Å². The van der Waals surface area contributed by atoms with Gasteiger partial charge in [-0.1, -0.05) is 143 Å². The first kappa shape index (κ1) is 26.0. The van der Waals surface area contributed by atoms with Gasteiger partial charge in [0.15, 0.2) is 0 Å². The van der Waals surface area contributed by atoms with Crippen molar-refractivity contribution in [2.24, 2.45) is 0 Å². The lowest BCUT2D eigenvalue weighted by molar-refractivity contribution is 0.905. The monoisotopic (exact) mass is 458 g/mol. The van der Waals surface area contributed by atoms with E-state index < -0.39 is 0 Å². The highest BCUT2D eigenvalue weighted by Crippen LogP contribution is 2.34. The van der Waals surface area contributed by atoms with E-state index in [9.17, 15) is 0 Å². The van der Waals surface area contributed by atoms with E-state index in [1.54, 1.807) is 0 Å². The third-order valence-corrected chi connectivity index (χ3v) is 6.21. The van der Waals surface area contributed by atoms with Crippen LogP contribution >= 0.6 is 0 Å². The molecule has 0 nitrogen and oxygen atoms in total.